The fourth-order valence-corrected chi connectivity index (χ4v) is 1.76. The predicted octanol–water partition coefficient (Wildman–Crippen LogP) is 1.82. The number of ether oxygens (including phenoxy) is 2. The number of carboxylic acids is 1. The quantitative estimate of drug-likeness (QED) is 0.891. The van der Waals surface area contributed by atoms with Crippen molar-refractivity contribution in [3.63, 3.8) is 0 Å². The summed E-state index contributed by atoms with van der Waals surface area (Å²) < 4.78 is 12.5. The zero-order valence-electron chi connectivity index (χ0n) is 11.1. The van der Waals surface area contributed by atoms with Gasteiger partial charge in [-0.15, -0.1) is 5.10 Å². The zero-order valence-corrected chi connectivity index (χ0v) is 11.1. The molecule has 0 amide bonds. The van der Waals surface area contributed by atoms with Gasteiger partial charge in [0.05, 0.1) is 17.0 Å². The molecule has 1 aromatic carbocycles. The molecule has 0 bridgehead atoms. The third-order valence-corrected chi connectivity index (χ3v) is 2.50. The first-order valence-corrected chi connectivity index (χ1v) is 5.95. The van der Waals surface area contributed by atoms with Crippen molar-refractivity contribution < 1.29 is 19.4 Å². The Morgan fingerprint density at radius 2 is 2.21 bits per heavy atom. The van der Waals surface area contributed by atoms with Crippen LogP contribution in [0.15, 0.2) is 18.2 Å². The number of aryl methyl sites for hydroxylation is 1. The van der Waals surface area contributed by atoms with E-state index in [0.717, 1.165) is 10.9 Å². The van der Waals surface area contributed by atoms with Gasteiger partial charge in [0.1, 0.15) is 5.75 Å². The number of benzene rings is 1. The average Bonchev–Trinajstić information content (AvgIpc) is 2.63. The molecule has 0 aliphatic carbocycles. The molecule has 0 radical (unpaired) electrons. The second-order valence-electron chi connectivity index (χ2n) is 4.46. The Kier molecular flexibility index (Phi) is 3.59. The van der Waals surface area contributed by atoms with E-state index in [0.29, 0.717) is 11.6 Å². The maximum absolute atomic E-state index is 10.5. The standard InChI is InChI=1S/C13H16N2O4/c1-8(2)19-13-10-6-9(18-7-12(16)17)4-5-11(10)15(3)14-13/h4-6,8H,7H2,1-3H3,(H,16,17). The highest BCUT2D eigenvalue weighted by Crippen LogP contribution is 2.28. The Morgan fingerprint density at radius 1 is 1.47 bits per heavy atom. The van der Waals surface area contributed by atoms with Gasteiger partial charge in [0.2, 0.25) is 5.88 Å². The minimum absolute atomic E-state index is 0.0155. The van der Waals surface area contributed by atoms with Crippen LogP contribution in [-0.2, 0) is 11.8 Å². The minimum Gasteiger partial charge on any atom is -0.482 e. The number of hydrogen-bond donors (Lipinski definition) is 1. The summed E-state index contributed by atoms with van der Waals surface area (Å²) in [6.07, 6.45) is 0.0155. The van der Waals surface area contributed by atoms with Crippen molar-refractivity contribution in [3.8, 4) is 11.6 Å². The summed E-state index contributed by atoms with van der Waals surface area (Å²) in [4.78, 5) is 10.5. The van der Waals surface area contributed by atoms with Gasteiger partial charge >= 0.3 is 5.97 Å². The van der Waals surface area contributed by atoms with E-state index in [1.807, 2.05) is 27.0 Å². The fourth-order valence-electron chi connectivity index (χ4n) is 1.76. The van der Waals surface area contributed by atoms with Gasteiger partial charge in [0.15, 0.2) is 6.61 Å². The number of carbonyl (C=O) groups is 1. The van der Waals surface area contributed by atoms with Crippen molar-refractivity contribution in [2.75, 3.05) is 6.61 Å². The van der Waals surface area contributed by atoms with E-state index < -0.39 is 5.97 Å². The molecule has 102 valence electrons. The molecule has 0 aliphatic heterocycles. The maximum Gasteiger partial charge on any atom is 0.341 e. The van der Waals surface area contributed by atoms with Crippen LogP contribution in [-0.4, -0.2) is 33.6 Å². The summed E-state index contributed by atoms with van der Waals surface area (Å²) >= 11 is 0. The predicted molar refractivity (Wildman–Crippen MR) is 69.6 cm³/mol. The lowest BCUT2D eigenvalue weighted by Gasteiger charge is -2.07. The molecule has 1 heterocycles. The van der Waals surface area contributed by atoms with Crippen molar-refractivity contribution in [1.29, 1.82) is 0 Å². The number of nitrogens with zero attached hydrogens (tertiary/aromatic N) is 2. The van der Waals surface area contributed by atoms with Crippen LogP contribution in [0.3, 0.4) is 0 Å². The van der Waals surface area contributed by atoms with Gasteiger partial charge < -0.3 is 14.6 Å². The topological polar surface area (TPSA) is 73.6 Å². The monoisotopic (exact) mass is 264 g/mol. The first-order valence-electron chi connectivity index (χ1n) is 5.95. The third-order valence-electron chi connectivity index (χ3n) is 2.50. The second-order valence-corrected chi connectivity index (χ2v) is 4.46. The minimum atomic E-state index is -1.01. The Bertz CT molecular complexity index is 604. The van der Waals surface area contributed by atoms with Crippen LogP contribution in [0.4, 0.5) is 0 Å². The zero-order chi connectivity index (χ0) is 14.0. The number of rotatable bonds is 5. The molecule has 2 rings (SSSR count). The van der Waals surface area contributed by atoms with E-state index >= 15 is 0 Å². The summed E-state index contributed by atoms with van der Waals surface area (Å²) in [5.41, 5.74) is 0.901. The van der Waals surface area contributed by atoms with Crippen LogP contribution in [0, 0.1) is 0 Å². The Hall–Kier alpha value is -2.24. The van der Waals surface area contributed by atoms with Gasteiger partial charge in [-0.2, -0.15) is 0 Å². The number of hydrogen-bond acceptors (Lipinski definition) is 4. The van der Waals surface area contributed by atoms with Crippen LogP contribution in [0.25, 0.3) is 10.9 Å². The van der Waals surface area contributed by atoms with Crippen molar-refractivity contribution in [3.05, 3.63) is 18.2 Å². The molecule has 1 aromatic heterocycles. The van der Waals surface area contributed by atoms with Crippen molar-refractivity contribution in [2.45, 2.75) is 20.0 Å². The lowest BCUT2D eigenvalue weighted by Crippen LogP contribution is -2.09. The van der Waals surface area contributed by atoms with Gasteiger partial charge in [-0.1, -0.05) is 0 Å². The van der Waals surface area contributed by atoms with Gasteiger partial charge in [0.25, 0.3) is 0 Å². The molecule has 0 saturated carbocycles. The number of aromatic nitrogens is 2. The highest BCUT2D eigenvalue weighted by molar-refractivity contribution is 5.86. The van der Waals surface area contributed by atoms with Gasteiger partial charge in [-0.25, -0.2) is 4.79 Å². The molecule has 0 unspecified atom stereocenters. The van der Waals surface area contributed by atoms with E-state index in [2.05, 4.69) is 5.10 Å². The Morgan fingerprint density at radius 3 is 2.84 bits per heavy atom. The number of carboxylic acid groups (broad SMARTS) is 1. The fraction of sp³-hybridized carbons (Fsp3) is 0.385. The van der Waals surface area contributed by atoms with E-state index in [1.54, 1.807) is 16.8 Å². The highest BCUT2D eigenvalue weighted by atomic mass is 16.5. The molecule has 0 aliphatic rings. The van der Waals surface area contributed by atoms with Crippen LogP contribution in [0.2, 0.25) is 0 Å². The summed E-state index contributed by atoms with van der Waals surface area (Å²) in [6.45, 7) is 3.47. The molecule has 6 nitrogen and oxygen atoms in total. The molecular formula is C13H16N2O4. The SMILES string of the molecule is CC(C)Oc1nn(C)c2ccc(OCC(=O)O)cc12. The van der Waals surface area contributed by atoms with Crippen molar-refractivity contribution in [2.24, 2.45) is 7.05 Å². The lowest BCUT2D eigenvalue weighted by atomic mass is 10.2. The van der Waals surface area contributed by atoms with E-state index in [4.69, 9.17) is 14.6 Å². The maximum atomic E-state index is 10.5. The number of aliphatic carboxylic acids is 1. The summed E-state index contributed by atoms with van der Waals surface area (Å²) in [5.74, 6) is -0.00489. The van der Waals surface area contributed by atoms with E-state index in [1.165, 1.54) is 0 Å². The van der Waals surface area contributed by atoms with Gasteiger partial charge in [-0.05, 0) is 32.0 Å². The molecular weight excluding hydrogens is 248 g/mol. The molecule has 0 atom stereocenters. The van der Waals surface area contributed by atoms with Gasteiger partial charge in [0, 0.05) is 7.05 Å². The van der Waals surface area contributed by atoms with Crippen LogP contribution < -0.4 is 9.47 Å². The van der Waals surface area contributed by atoms with E-state index in [-0.39, 0.29) is 12.7 Å². The molecule has 2 aromatic rings. The summed E-state index contributed by atoms with van der Waals surface area (Å²) in [7, 11) is 1.83. The van der Waals surface area contributed by atoms with Crippen LogP contribution in [0.5, 0.6) is 11.6 Å². The first-order chi connectivity index (χ1) is 8.97. The third kappa shape index (κ3) is 2.96. The van der Waals surface area contributed by atoms with E-state index in [9.17, 15) is 4.79 Å². The van der Waals surface area contributed by atoms with Gasteiger partial charge in [-0.3, -0.25) is 4.68 Å². The summed E-state index contributed by atoms with van der Waals surface area (Å²) in [5, 5.41) is 13.7. The lowest BCUT2D eigenvalue weighted by molar-refractivity contribution is -0.139. The molecule has 0 fully saturated rings. The summed E-state index contributed by atoms with van der Waals surface area (Å²) in [6, 6.07) is 5.28. The second kappa shape index (κ2) is 5.17. The van der Waals surface area contributed by atoms with Crippen LogP contribution >= 0.6 is 0 Å². The Balaban J connectivity index is 2.36. The molecule has 19 heavy (non-hydrogen) atoms. The van der Waals surface area contributed by atoms with Crippen LogP contribution in [0.1, 0.15) is 13.8 Å². The largest absolute Gasteiger partial charge is 0.482 e. The normalized spacial score (nSPS) is 10.9. The number of fused-ring (bicyclic) bond motifs is 1. The molecule has 6 heteroatoms. The molecule has 1 N–H and O–H groups in total. The van der Waals surface area contributed by atoms with Crippen molar-refractivity contribution >= 4 is 16.9 Å². The molecule has 0 saturated heterocycles. The Labute approximate surface area is 110 Å². The highest BCUT2D eigenvalue weighted by Gasteiger charge is 2.12. The smallest absolute Gasteiger partial charge is 0.341 e. The first kappa shape index (κ1) is 13.2. The average molecular weight is 264 g/mol. The van der Waals surface area contributed by atoms with Crippen molar-refractivity contribution in [1.82, 2.24) is 9.78 Å². The molecule has 0 spiro atoms.